The number of carbonyl (C=O) groups is 1. The predicted octanol–water partition coefficient (Wildman–Crippen LogP) is 3.60. The summed E-state index contributed by atoms with van der Waals surface area (Å²) in [5.74, 6) is -0.551. The summed E-state index contributed by atoms with van der Waals surface area (Å²) >= 11 is 3.27. The molecule has 0 bridgehead atoms. The van der Waals surface area contributed by atoms with Gasteiger partial charge in [0.2, 0.25) is 0 Å². The normalized spacial score (nSPS) is 10.3. The minimum Gasteiger partial charge on any atom is -0.494 e. The molecule has 0 unspecified atom stereocenters. The van der Waals surface area contributed by atoms with E-state index in [9.17, 15) is 9.18 Å². The molecule has 20 heavy (non-hydrogen) atoms. The fourth-order valence-electron chi connectivity index (χ4n) is 1.83. The summed E-state index contributed by atoms with van der Waals surface area (Å²) in [7, 11) is 1.39. The van der Waals surface area contributed by atoms with Gasteiger partial charge in [0.15, 0.2) is 17.3 Å². The summed E-state index contributed by atoms with van der Waals surface area (Å²) in [5.41, 5.74) is 7.01. The van der Waals surface area contributed by atoms with Crippen LogP contribution in [-0.2, 0) is 6.42 Å². The van der Waals surface area contributed by atoms with Gasteiger partial charge in [0.25, 0.3) is 0 Å². The van der Waals surface area contributed by atoms with Gasteiger partial charge in [-0.15, -0.1) is 0 Å². The van der Waals surface area contributed by atoms with Crippen molar-refractivity contribution in [1.29, 1.82) is 0 Å². The summed E-state index contributed by atoms with van der Waals surface area (Å²) in [6, 6.07) is 9.64. The second-order valence-electron chi connectivity index (χ2n) is 4.27. The summed E-state index contributed by atoms with van der Waals surface area (Å²) in [6.45, 7) is 0. The number of carbonyl (C=O) groups excluding carboxylic acids is 1. The Labute approximate surface area is 124 Å². The highest BCUT2D eigenvalue weighted by atomic mass is 79.9. The maximum Gasteiger partial charge on any atom is 0.168 e. The molecule has 0 aliphatic rings. The lowest BCUT2D eigenvalue weighted by Gasteiger charge is -2.07. The molecule has 2 N–H and O–H groups in total. The standard InChI is InChI=1S/C15H13BrFNO2/c1-20-14-4-2-3-10(15(14)17)8-13(19)9-5-6-12(18)11(16)7-9/h2-7H,8,18H2,1H3. The topological polar surface area (TPSA) is 52.3 Å². The van der Waals surface area contributed by atoms with Gasteiger partial charge < -0.3 is 10.5 Å². The van der Waals surface area contributed by atoms with E-state index in [0.717, 1.165) is 0 Å². The zero-order valence-electron chi connectivity index (χ0n) is 10.8. The molecular formula is C15H13BrFNO2. The van der Waals surface area contributed by atoms with Gasteiger partial charge >= 0.3 is 0 Å². The van der Waals surface area contributed by atoms with Gasteiger partial charge in [-0.2, -0.15) is 0 Å². The first-order valence-corrected chi connectivity index (χ1v) is 6.72. The SMILES string of the molecule is COc1cccc(CC(=O)c2ccc(N)c(Br)c2)c1F. The van der Waals surface area contributed by atoms with Crippen molar-refractivity contribution in [2.45, 2.75) is 6.42 Å². The molecule has 2 rings (SSSR count). The number of halogens is 2. The van der Waals surface area contributed by atoms with Gasteiger partial charge in [-0.3, -0.25) is 4.79 Å². The van der Waals surface area contributed by atoms with E-state index < -0.39 is 5.82 Å². The van der Waals surface area contributed by atoms with E-state index >= 15 is 0 Å². The molecule has 5 heteroatoms. The van der Waals surface area contributed by atoms with Crippen LogP contribution in [0.3, 0.4) is 0 Å². The van der Waals surface area contributed by atoms with Crippen LogP contribution in [0.5, 0.6) is 5.75 Å². The predicted molar refractivity (Wildman–Crippen MR) is 79.5 cm³/mol. The number of Topliss-reactive ketones (excluding diaryl/α,β-unsaturated/α-hetero) is 1. The number of ketones is 1. The molecule has 0 saturated carbocycles. The number of nitrogen functional groups attached to an aromatic ring is 1. The molecule has 3 nitrogen and oxygen atoms in total. The van der Waals surface area contributed by atoms with Crippen LogP contribution in [0.2, 0.25) is 0 Å². The van der Waals surface area contributed by atoms with E-state index in [0.29, 0.717) is 21.3 Å². The van der Waals surface area contributed by atoms with Crippen LogP contribution in [0.15, 0.2) is 40.9 Å². The number of benzene rings is 2. The van der Waals surface area contributed by atoms with Crippen LogP contribution in [0, 0.1) is 5.82 Å². The van der Waals surface area contributed by atoms with Crippen molar-refractivity contribution in [3.8, 4) is 5.75 Å². The van der Waals surface area contributed by atoms with Crippen LogP contribution < -0.4 is 10.5 Å². The Morgan fingerprint density at radius 3 is 2.75 bits per heavy atom. The third-order valence-corrected chi connectivity index (χ3v) is 3.62. The number of rotatable bonds is 4. The van der Waals surface area contributed by atoms with Crippen molar-refractivity contribution >= 4 is 27.4 Å². The van der Waals surface area contributed by atoms with E-state index in [4.69, 9.17) is 10.5 Å². The number of nitrogens with two attached hydrogens (primary N) is 1. The van der Waals surface area contributed by atoms with E-state index in [-0.39, 0.29) is 18.0 Å². The summed E-state index contributed by atoms with van der Waals surface area (Å²) < 4.78 is 19.5. The van der Waals surface area contributed by atoms with E-state index in [2.05, 4.69) is 15.9 Å². The average Bonchev–Trinajstić information content (AvgIpc) is 2.44. The number of methoxy groups -OCH3 is 1. The number of anilines is 1. The molecule has 0 heterocycles. The van der Waals surface area contributed by atoms with Crippen LogP contribution >= 0.6 is 15.9 Å². The highest BCUT2D eigenvalue weighted by Gasteiger charge is 2.14. The van der Waals surface area contributed by atoms with E-state index in [1.54, 1.807) is 30.3 Å². The molecule has 104 valence electrons. The molecule has 0 aliphatic carbocycles. The minimum atomic E-state index is -0.502. The molecule has 0 amide bonds. The molecule has 0 spiro atoms. The van der Waals surface area contributed by atoms with Crippen molar-refractivity contribution in [3.63, 3.8) is 0 Å². The van der Waals surface area contributed by atoms with Crippen LogP contribution in [0.25, 0.3) is 0 Å². The quantitative estimate of drug-likeness (QED) is 0.685. The lowest BCUT2D eigenvalue weighted by molar-refractivity contribution is 0.0991. The zero-order chi connectivity index (χ0) is 14.7. The maximum atomic E-state index is 14.0. The third-order valence-electron chi connectivity index (χ3n) is 2.94. The van der Waals surface area contributed by atoms with E-state index in [1.807, 2.05) is 0 Å². The van der Waals surface area contributed by atoms with Crippen molar-refractivity contribution in [2.24, 2.45) is 0 Å². The Bertz CT molecular complexity index is 658. The minimum absolute atomic E-state index is 0.0284. The van der Waals surface area contributed by atoms with Gasteiger partial charge in [-0.05, 0) is 45.8 Å². The fourth-order valence-corrected chi connectivity index (χ4v) is 2.20. The molecule has 2 aromatic rings. The van der Waals surface area contributed by atoms with Crippen molar-refractivity contribution < 1.29 is 13.9 Å². The highest BCUT2D eigenvalue weighted by Crippen LogP contribution is 2.24. The lowest BCUT2D eigenvalue weighted by Crippen LogP contribution is -2.06. The third kappa shape index (κ3) is 2.99. The molecule has 2 aromatic carbocycles. The van der Waals surface area contributed by atoms with Crippen LogP contribution in [0.1, 0.15) is 15.9 Å². The first kappa shape index (κ1) is 14.5. The molecule has 0 atom stereocenters. The average molecular weight is 338 g/mol. The number of hydrogen-bond acceptors (Lipinski definition) is 3. The fraction of sp³-hybridized carbons (Fsp3) is 0.133. The molecule has 0 radical (unpaired) electrons. The van der Waals surface area contributed by atoms with Crippen LogP contribution in [-0.4, -0.2) is 12.9 Å². The smallest absolute Gasteiger partial charge is 0.168 e. The van der Waals surface area contributed by atoms with Crippen molar-refractivity contribution in [1.82, 2.24) is 0 Å². The number of hydrogen-bond donors (Lipinski definition) is 1. The molecule has 0 aliphatic heterocycles. The number of ether oxygens (including phenoxy) is 1. The maximum absolute atomic E-state index is 14.0. The van der Waals surface area contributed by atoms with Gasteiger partial charge in [-0.25, -0.2) is 4.39 Å². The Balaban J connectivity index is 2.25. The first-order chi connectivity index (χ1) is 9.52. The highest BCUT2D eigenvalue weighted by molar-refractivity contribution is 9.10. The first-order valence-electron chi connectivity index (χ1n) is 5.92. The molecular weight excluding hydrogens is 325 g/mol. The van der Waals surface area contributed by atoms with Gasteiger partial charge in [0.1, 0.15) is 0 Å². The second kappa shape index (κ2) is 6.05. The Morgan fingerprint density at radius 2 is 2.10 bits per heavy atom. The van der Waals surface area contributed by atoms with Gasteiger partial charge in [0.05, 0.1) is 7.11 Å². The second-order valence-corrected chi connectivity index (χ2v) is 5.12. The lowest BCUT2D eigenvalue weighted by atomic mass is 10.0. The monoisotopic (exact) mass is 337 g/mol. The van der Waals surface area contributed by atoms with Crippen LogP contribution in [0.4, 0.5) is 10.1 Å². The summed E-state index contributed by atoms with van der Waals surface area (Å²) in [4.78, 5) is 12.2. The molecule has 0 fully saturated rings. The largest absolute Gasteiger partial charge is 0.494 e. The van der Waals surface area contributed by atoms with Gasteiger partial charge in [-0.1, -0.05) is 12.1 Å². The summed E-state index contributed by atoms with van der Waals surface area (Å²) in [6.07, 6.45) is -0.0284. The Kier molecular flexibility index (Phi) is 4.39. The van der Waals surface area contributed by atoms with Crippen molar-refractivity contribution in [2.75, 3.05) is 12.8 Å². The van der Waals surface area contributed by atoms with Gasteiger partial charge in [0, 0.05) is 22.1 Å². The summed E-state index contributed by atoms with van der Waals surface area (Å²) in [5, 5.41) is 0. The molecule has 0 aromatic heterocycles. The zero-order valence-corrected chi connectivity index (χ0v) is 12.4. The van der Waals surface area contributed by atoms with Crippen molar-refractivity contribution in [3.05, 3.63) is 57.8 Å². The Morgan fingerprint density at radius 1 is 1.35 bits per heavy atom. The Hall–Kier alpha value is -1.88. The molecule has 0 saturated heterocycles. The van der Waals surface area contributed by atoms with E-state index in [1.165, 1.54) is 13.2 Å².